The molecule has 2 atom stereocenters. The Morgan fingerprint density at radius 1 is 1.12 bits per heavy atom. The minimum absolute atomic E-state index is 0. The van der Waals surface area contributed by atoms with Crippen LogP contribution in [0.5, 0.6) is 0 Å². The Bertz CT molecular complexity index is 676. The lowest BCUT2D eigenvalue weighted by Gasteiger charge is -2.46. The van der Waals surface area contributed by atoms with E-state index >= 15 is 0 Å². The number of nitrogens with one attached hydrogen (secondary N) is 1. The van der Waals surface area contributed by atoms with Crippen LogP contribution in [0.25, 0.3) is 0 Å². The number of nitrogens with zero attached hydrogens (tertiary/aromatic N) is 2. The fraction of sp³-hybridized carbons (Fsp3) is 0.720. The summed E-state index contributed by atoms with van der Waals surface area (Å²) in [5.41, 5.74) is 1.37. The summed E-state index contributed by atoms with van der Waals surface area (Å²) in [5.74, 6) is 1.01. The largest absolute Gasteiger partial charge is 0.412 e. The summed E-state index contributed by atoms with van der Waals surface area (Å²) in [7, 11) is 0. The Kier molecular flexibility index (Phi) is 13.0. The molecule has 0 spiro atoms. The lowest BCUT2D eigenvalue weighted by molar-refractivity contribution is -0.138. The zero-order valence-corrected chi connectivity index (χ0v) is 20.3. The second kappa shape index (κ2) is 13.5. The highest BCUT2D eigenvalue weighted by Gasteiger charge is 2.40. The van der Waals surface area contributed by atoms with Gasteiger partial charge in [0.1, 0.15) is 0 Å². The fourth-order valence-electron chi connectivity index (χ4n) is 5.05. The number of benzene rings is 1. The maximum atomic E-state index is 13.4. The van der Waals surface area contributed by atoms with Crippen LogP contribution in [0.4, 0.5) is 0 Å². The molecule has 2 aliphatic heterocycles. The quantitative estimate of drug-likeness (QED) is 0.659. The van der Waals surface area contributed by atoms with Crippen molar-refractivity contribution in [2.75, 3.05) is 39.3 Å². The van der Waals surface area contributed by atoms with Crippen LogP contribution in [0.15, 0.2) is 24.3 Å². The molecule has 2 heterocycles. The van der Waals surface area contributed by atoms with Crippen molar-refractivity contribution in [2.24, 2.45) is 11.3 Å². The first-order valence-corrected chi connectivity index (χ1v) is 11.7. The molecular formula is C25H46ClN3O3. The maximum absolute atomic E-state index is 13.4. The third kappa shape index (κ3) is 7.70. The Morgan fingerprint density at radius 3 is 2.25 bits per heavy atom. The molecule has 2 saturated heterocycles. The summed E-state index contributed by atoms with van der Waals surface area (Å²) >= 11 is 6.07. The molecule has 2 fully saturated rings. The van der Waals surface area contributed by atoms with Crippen molar-refractivity contribution in [3.63, 3.8) is 0 Å². The van der Waals surface area contributed by atoms with Gasteiger partial charge in [0.05, 0.1) is 6.04 Å². The SMILES string of the molecule is C.CC(C)[C@@H](NCCN1CCCC1)C(=O)N1CCC(c2ccc(Cl)cc2)C(C)(C)C1.O.O. The van der Waals surface area contributed by atoms with Gasteiger partial charge in [0, 0.05) is 31.2 Å². The van der Waals surface area contributed by atoms with Gasteiger partial charge >= 0.3 is 0 Å². The van der Waals surface area contributed by atoms with Crippen molar-refractivity contribution < 1.29 is 15.7 Å². The van der Waals surface area contributed by atoms with Gasteiger partial charge in [0.2, 0.25) is 5.91 Å². The Balaban J connectivity index is 0.00000320. The average Bonchev–Trinajstić information content (AvgIpc) is 3.18. The number of hydrogen-bond donors (Lipinski definition) is 1. The normalized spacial score (nSPS) is 21.3. The standard InChI is InChI=1S/C24H38ClN3O.CH4.2H2O/c1-18(2)22(26-12-16-27-13-5-6-14-27)23(29)28-15-11-21(24(3,4)17-28)19-7-9-20(25)10-8-19;;;/h7-10,18,21-22,26H,5-6,11-17H2,1-4H3;1H4;2*1H2/t21?,22-;;;/m1.../s1. The van der Waals surface area contributed by atoms with Crippen molar-refractivity contribution in [3.05, 3.63) is 34.9 Å². The van der Waals surface area contributed by atoms with Crippen molar-refractivity contribution in [2.45, 2.75) is 66.3 Å². The zero-order chi connectivity index (χ0) is 21.0. The van der Waals surface area contributed by atoms with E-state index in [1.165, 1.54) is 31.5 Å². The minimum atomic E-state index is -0.0968. The van der Waals surface area contributed by atoms with Crippen LogP contribution in [0.1, 0.15) is 65.9 Å². The summed E-state index contributed by atoms with van der Waals surface area (Å²) in [5, 5.41) is 4.35. The Labute approximate surface area is 200 Å². The molecule has 7 heteroatoms. The number of carbonyl (C=O) groups excluding carboxylic acids is 1. The van der Waals surface area contributed by atoms with Gasteiger partial charge in [0.15, 0.2) is 0 Å². The van der Waals surface area contributed by atoms with Gasteiger partial charge in [-0.1, -0.05) is 58.9 Å². The average molecular weight is 472 g/mol. The Hall–Kier alpha value is -1.18. The molecule has 32 heavy (non-hydrogen) atoms. The lowest BCUT2D eigenvalue weighted by Crippen LogP contribution is -2.55. The topological polar surface area (TPSA) is 98.6 Å². The van der Waals surface area contributed by atoms with Gasteiger partial charge in [-0.2, -0.15) is 0 Å². The molecule has 1 aromatic carbocycles. The molecule has 0 radical (unpaired) electrons. The first-order chi connectivity index (χ1) is 13.8. The third-order valence-electron chi connectivity index (χ3n) is 6.74. The van der Waals surface area contributed by atoms with Crippen LogP contribution in [0.2, 0.25) is 5.02 Å². The first kappa shape index (κ1) is 30.8. The molecule has 6 nitrogen and oxygen atoms in total. The van der Waals surface area contributed by atoms with E-state index in [-0.39, 0.29) is 41.7 Å². The molecule has 1 amide bonds. The van der Waals surface area contributed by atoms with Crippen LogP contribution in [0.3, 0.4) is 0 Å². The summed E-state index contributed by atoms with van der Waals surface area (Å²) in [4.78, 5) is 18.0. The highest BCUT2D eigenvalue weighted by Crippen LogP contribution is 2.42. The predicted octanol–water partition coefficient (Wildman–Crippen LogP) is 3.38. The lowest BCUT2D eigenvalue weighted by atomic mass is 9.70. The van der Waals surface area contributed by atoms with Crippen LogP contribution in [-0.4, -0.2) is 72.0 Å². The van der Waals surface area contributed by atoms with E-state index in [1.807, 2.05) is 12.1 Å². The molecule has 1 unspecified atom stereocenters. The van der Waals surface area contributed by atoms with E-state index in [2.05, 4.69) is 54.9 Å². The Morgan fingerprint density at radius 2 is 1.72 bits per heavy atom. The number of piperidine rings is 1. The molecule has 0 aromatic heterocycles. The highest BCUT2D eigenvalue weighted by atomic mass is 35.5. The van der Waals surface area contributed by atoms with Gasteiger partial charge in [-0.3, -0.25) is 4.79 Å². The monoisotopic (exact) mass is 471 g/mol. The van der Waals surface area contributed by atoms with E-state index in [0.717, 1.165) is 37.6 Å². The van der Waals surface area contributed by atoms with Crippen molar-refractivity contribution >= 4 is 17.5 Å². The first-order valence-electron chi connectivity index (χ1n) is 11.3. The molecule has 0 aliphatic carbocycles. The molecule has 0 bridgehead atoms. The van der Waals surface area contributed by atoms with E-state index in [4.69, 9.17) is 11.6 Å². The number of likely N-dealkylation sites (tertiary alicyclic amines) is 2. The second-order valence-electron chi connectivity index (χ2n) is 9.87. The van der Waals surface area contributed by atoms with Crippen LogP contribution in [-0.2, 0) is 4.79 Å². The van der Waals surface area contributed by atoms with Gasteiger partial charge in [-0.25, -0.2) is 0 Å². The van der Waals surface area contributed by atoms with E-state index in [9.17, 15) is 4.79 Å². The predicted molar refractivity (Wildman–Crippen MR) is 135 cm³/mol. The summed E-state index contributed by atoms with van der Waals surface area (Å²) < 4.78 is 0. The van der Waals surface area contributed by atoms with Gasteiger partial charge < -0.3 is 26.1 Å². The molecule has 3 rings (SSSR count). The smallest absolute Gasteiger partial charge is 0.239 e. The molecule has 186 valence electrons. The van der Waals surface area contributed by atoms with Crippen molar-refractivity contribution in [3.8, 4) is 0 Å². The van der Waals surface area contributed by atoms with E-state index in [0.29, 0.717) is 5.92 Å². The van der Waals surface area contributed by atoms with E-state index in [1.54, 1.807) is 0 Å². The van der Waals surface area contributed by atoms with Crippen molar-refractivity contribution in [1.29, 1.82) is 0 Å². The number of rotatable bonds is 7. The van der Waals surface area contributed by atoms with Gasteiger partial charge in [-0.15, -0.1) is 0 Å². The highest BCUT2D eigenvalue weighted by molar-refractivity contribution is 6.30. The number of hydrogen-bond acceptors (Lipinski definition) is 3. The minimum Gasteiger partial charge on any atom is -0.412 e. The van der Waals surface area contributed by atoms with Gasteiger partial charge in [-0.05, 0) is 67.3 Å². The summed E-state index contributed by atoms with van der Waals surface area (Å²) in [6.45, 7) is 14.8. The van der Waals surface area contributed by atoms with E-state index < -0.39 is 0 Å². The number of amides is 1. The van der Waals surface area contributed by atoms with Crippen LogP contribution in [0, 0.1) is 11.3 Å². The van der Waals surface area contributed by atoms with Crippen LogP contribution < -0.4 is 5.32 Å². The fourth-order valence-corrected chi connectivity index (χ4v) is 5.17. The molecule has 2 aliphatic rings. The summed E-state index contributed by atoms with van der Waals surface area (Å²) in [6, 6.07) is 8.14. The number of halogens is 1. The maximum Gasteiger partial charge on any atom is 0.239 e. The van der Waals surface area contributed by atoms with Crippen molar-refractivity contribution in [1.82, 2.24) is 15.1 Å². The third-order valence-corrected chi connectivity index (χ3v) is 6.99. The number of carbonyl (C=O) groups is 1. The van der Waals surface area contributed by atoms with Gasteiger partial charge in [0.25, 0.3) is 0 Å². The molecule has 0 saturated carbocycles. The zero-order valence-electron chi connectivity index (χ0n) is 19.6. The summed E-state index contributed by atoms with van der Waals surface area (Å²) in [6.07, 6.45) is 3.62. The molecule has 5 N–H and O–H groups in total. The molecular weight excluding hydrogens is 426 g/mol. The second-order valence-corrected chi connectivity index (χ2v) is 10.3. The van der Waals surface area contributed by atoms with Crippen LogP contribution >= 0.6 is 11.6 Å². The molecule has 1 aromatic rings.